The zero-order valence-corrected chi connectivity index (χ0v) is 8.71. The topological polar surface area (TPSA) is 20.2 Å². The molecule has 66 valence electrons. The first-order valence-corrected chi connectivity index (χ1v) is 5.13. The van der Waals surface area contributed by atoms with E-state index >= 15 is 0 Å². The Hall–Kier alpha value is -0.340. The van der Waals surface area contributed by atoms with Crippen molar-refractivity contribution in [3.05, 3.63) is 35.9 Å². The quantitative estimate of drug-likeness (QED) is 0.790. The average Bonchev–Trinajstić information content (AvgIpc) is 2.06. The van der Waals surface area contributed by atoms with Gasteiger partial charge in [-0.15, -0.1) is 0 Å². The fourth-order valence-corrected chi connectivity index (χ4v) is 1.90. The zero-order chi connectivity index (χ0) is 9.03. The van der Waals surface area contributed by atoms with E-state index < -0.39 is 5.60 Å². The Balaban J connectivity index is 2.82. The van der Waals surface area contributed by atoms with Gasteiger partial charge in [-0.1, -0.05) is 46.3 Å². The maximum absolute atomic E-state index is 9.96. The Morgan fingerprint density at radius 3 is 2.42 bits per heavy atom. The van der Waals surface area contributed by atoms with Gasteiger partial charge in [0.15, 0.2) is 0 Å². The molecule has 0 spiro atoms. The molecule has 0 bridgehead atoms. The van der Waals surface area contributed by atoms with Gasteiger partial charge >= 0.3 is 0 Å². The lowest BCUT2D eigenvalue weighted by molar-refractivity contribution is 0.0547. The van der Waals surface area contributed by atoms with Crippen molar-refractivity contribution in [3.63, 3.8) is 0 Å². The molecule has 0 saturated carbocycles. The van der Waals surface area contributed by atoms with Gasteiger partial charge in [0.05, 0.1) is 5.60 Å². The third-order valence-electron chi connectivity index (χ3n) is 1.98. The smallest absolute Gasteiger partial charge is 0.0876 e. The van der Waals surface area contributed by atoms with Crippen molar-refractivity contribution in [3.8, 4) is 0 Å². The van der Waals surface area contributed by atoms with Crippen LogP contribution in [0.1, 0.15) is 18.9 Å². The van der Waals surface area contributed by atoms with E-state index in [9.17, 15) is 5.11 Å². The average molecular weight is 229 g/mol. The van der Waals surface area contributed by atoms with Crippen LogP contribution in [-0.4, -0.2) is 10.4 Å². The fourth-order valence-electron chi connectivity index (χ4n) is 1.13. The molecule has 0 aromatic heterocycles. The van der Waals surface area contributed by atoms with E-state index in [4.69, 9.17) is 0 Å². The largest absolute Gasteiger partial charge is 0.385 e. The van der Waals surface area contributed by atoms with E-state index in [1.165, 1.54) is 0 Å². The fraction of sp³-hybridized carbons (Fsp3) is 0.400. The number of rotatable bonds is 3. The molecule has 0 amide bonds. The third kappa shape index (κ3) is 2.32. The van der Waals surface area contributed by atoms with Crippen LogP contribution in [0.25, 0.3) is 0 Å². The maximum Gasteiger partial charge on any atom is 0.0876 e. The van der Waals surface area contributed by atoms with E-state index in [0.29, 0.717) is 0 Å². The highest BCUT2D eigenvalue weighted by atomic mass is 79.9. The Labute approximate surface area is 81.6 Å². The van der Waals surface area contributed by atoms with Crippen LogP contribution in [0.3, 0.4) is 0 Å². The minimum atomic E-state index is -0.704. The molecular weight excluding hydrogens is 216 g/mol. The molecule has 12 heavy (non-hydrogen) atoms. The lowest BCUT2D eigenvalue weighted by Gasteiger charge is -2.22. The number of alkyl halides is 1. The molecule has 0 fully saturated rings. The minimum absolute atomic E-state index is 0.704. The van der Waals surface area contributed by atoms with Crippen LogP contribution < -0.4 is 0 Å². The number of hydrogen-bond donors (Lipinski definition) is 1. The molecule has 1 N–H and O–H groups in total. The summed E-state index contributed by atoms with van der Waals surface area (Å²) in [4.78, 5) is 0. The van der Waals surface area contributed by atoms with Crippen LogP contribution >= 0.6 is 15.9 Å². The SMILES string of the molecule is CC(O)(CCBr)c1ccccc1. The highest BCUT2D eigenvalue weighted by Crippen LogP contribution is 2.24. The molecule has 0 aliphatic rings. The van der Waals surface area contributed by atoms with Gasteiger partial charge in [0.2, 0.25) is 0 Å². The number of halogens is 1. The van der Waals surface area contributed by atoms with Gasteiger partial charge in [-0.3, -0.25) is 0 Å². The van der Waals surface area contributed by atoms with Gasteiger partial charge in [-0.2, -0.15) is 0 Å². The molecular formula is C10H13BrO. The second-order valence-corrected chi connectivity index (χ2v) is 3.87. The molecule has 1 rings (SSSR count). The summed E-state index contributed by atoms with van der Waals surface area (Å²) in [6.07, 6.45) is 0.733. The van der Waals surface area contributed by atoms with E-state index in [0.717, 1.165) is 17.3 Å². The molecule has 0 heterocycles. The Morgan fingerprint density at radius 2 is 1.92 bits per heavy atom. The summed E-state index contributed by atoms with van der Waals surface area (Å²) in [5.41, 5.74) is 0.273. The number of hydrogen-bond acceptors (Lipinski definition) is 1. The first-order valence-electron chi connectivity index (χ1n) is 4.01. The summed E-state index contributed by atoms with van der Waals surface area (Å²) in [6, 6.07) is 9.73. The molecule has 1 atom stereocenters. The summed E-state index contributed by atoms with van der Waals surface area (Å²) in [7, 11) is 0. The minimum Gasteiger partial charge on any atom is -0.385 e. The lowest BCUT2D eigenvalue weighted by atomic mass is 9.94. The van der Waals surface area contributed by atoms with E-state index in [1.807, 2.05) is 37.3 Å². The molecule has 2 heteroatoms. The van der Waals surface area contributed by atoms with Crippen LogP contribution in [-0.2, 0) is 5.60 Å². The van der Waals surface area contributed by atoms with Gasteiger partial charge in [0.25, 0.3) is 0 Å². The van der Waals surface area contributed by atoms with Crippen molar-refractivity contribution < 1.29 is 5.11 Å². The van der Waals surface area contributed by atoms with Crippen molar-refractivity contribution in [1.82, 2.24) is 0 Å². The number of benzene rings is 1. The lowest BCUT2D eigenvalue weighted by Crippen LogP contribution is -2.21. The molecule has 0 radical (unpaired) electrons. The molecule has 1 aromatic rings. The highest BCUT2D eigenvalue weighted by molar-refractivity contribution is 9.09. The molecule has 1 nitrogen and oxygen atoms in total. The first-order chi connectivity index (χ1) is 5.67. The maximum atomic E-state index is 9.96. The predicted molar refractivity (Wildman–Crippen MR) is 54.4 cm³/mol. The summed E-state index contributed by atoms with van der Waals surface area (Å²) in [5, 5.41) is 10.8. The van der Waals surface area contributed by atoms with Crippen LogP contribution in [0, 0.1) is 0 Å². The standard InChI is InChI=1S/C10H13BrO/c1-10(12,7-8-11)9-5-3-2-4-6-9/h2-6,12H,7-8H2,1H3. The molecule has 0 aliphatic heterocycles. The molecule has 0 saturated heterocycles. The van der Waals surface area contributed by atoms with Crippen molar-refractivity contribution in [2.24, 2.45) is 0 Å². The highest BCUT2D eigenvalue weighted by Gasteiger charge is 2.20. The van der Waals surface area contributed by atoms with Gasteiger partial charge in [0, 0.05) is 5.33 Å². The molecule has 1 unspecified atom stereocenters. The monoisotopic (exact) mass is 228 g/mol. The van der Waals surface area contributed by atoms with Crippen LogP contribution in [0.4, 0.5) is 0 Å². The summed E-state index contributed by atoms with van der Waals surface area (Å²) in [5.74, 6) is 0. The van der Waals surface area contributed by atoms with Crippen LogP contribution in [0.5, 0.6) is 0 Å². The Morgan fingerprint density at radius 1 is 1.33 bits per heavy atom. The first kappa shape index (κ1) is 9.75. The Bertz CT molecular complexity index is 231. The van der Waals surface area contributed by atoms with Gasteiger partial charge < -0.3 is 5.11 Å². The van der Waals surface area contributed by atoms with Gasteiger partial charge in [-0.05, 0) is 18.9 Å². The second-order valence-electron chi connectivity index (χ2n) is 3.08. The Kier molecular flexibility index (Phi) is 3.29. The second kappa shape index (κ2) is 4.06. The normalized spacial score (nSPS) is 15.6. The van der Waals surface area contributed by atoms with Crippen LogP contribution in [0.15, 0.2) is 30.3 Å². The van der Waals surface area contributed by atoms with Crippen molar-refractivity contribution >= 4 is 15.9 Å². The van der Waals surface area contributed by atoms with Crippen molar-refractivity contribution in [2.45, 2.75) is 18.9 Å². The zero-order valence-electron chi connectivity index (χ0n) is 7.13. The number of aliphatic hydroxyl groups is 1. The summed E-state index contributed by atoms with van der Waals surface area (Å²) >= 11 is 3.32. The predicted octanol–water partition coefficient (Wildman–Crippen LogP) is 2.68. The van der Waals surface area contributed by atoms with Crippen molar-refractivity contribution in [2.75, 3.05) is 5.33 Å². The van der Waals surface area contributed by atoms with Crippen molar-refractivity contribution in [1.29, 1.82) is 0 Å². The van der Waals surface area contributed by atoms with E-state index in [2.05, 4.69) is 15.9 Å². The van der Waals surface area contributed by atoms with E-state index in [1.54, 1.807) is 0 Å². The summed E-state index contributed by atoms with van der Waals surface area (Å²) < 4.78 is 0. The van der Waals surface area contributed by atoms with Gasteiger partial charge in [-0.25, -0.2) is 0 Å². The van der Waals surface area contributed by atoms with Crippen LogP contribution in [0.2, 0.25) is 0 Å². The van der Waals surface area contributed by atoms with E-state index in [-0.39, 0.29) is 0 Å². The summed E-state index contributed by atoms with van der Waals surface area (Å²) in [6.45, 7) is 1.84. The molecule has 0 aliphatic carbocycles. The third-order valence-corrected chi connectivity index (χ3v) is 2.37. The van der Waals surface area contributed by atoms with Gasteiger partial charge in [0.1, 0.15) is 0 Å². The molecule has 1 aromatic carbocycles.